The fourth-order valence-corrected chi connectivity index (χ4v) is 3.64. The summed E-state index contributed by atoms with van der Waals surface area (Å²) in [6, 6.07) is 17.7. The highest BCUT2D eigenvalue weighted by Crippen LogP contribution is 2.31. The number of carbonyl (C=O) groups is 1. The van der Waals surface area contributed by atoms with E-state index in [1.54, 1.807) is 43.3 Å². The van der Waals surface area contributed by atoms with Crippen LogP contribution in [0.25, 0.3) is 6.08 Å². The van der Waals surface area contributed by atoms with Gasteiger partial charge in [-0.05, 0) is 61.4 Å². The van der Waals surface area contributed by atoms with Crippen molar-refractivity contribution in [3.05, 3.63) is 103 Å². The van der Waals surface area contributed by atoms with Crippen molar-refractivity contribution in [3.63, 3.8) is 0 Å². The second kappa shape index (κ2) is 10.5. The van der Waals surface area contributed by atoms with Crippen LogP contribution in [0.3, 0.4) is 0 Å². The molecule has 0 aliphatic carbocycles. The van der Waals surface area contributed by atoms with Gasteiger partial charge in [-0.1, -0.05) is 40.2 Å². The van der Waals surface area contributed by atoms with Gasteiger partial charge in [0.1, 0.15) is 6.61 Å². The minimum atomic E-state index is -0.642. The Morgan fingerprint density at radius 3 is 2.54 bits per heavy atom. The van der Waals surface area contributed by atoms with Crippen LogP contribution in [0.2, 0.25) is 0 Å². The molecule has 1 heterocycles. The normalized spacial score (nSPS) is 14.0. The summed E-state index contributed by atoms with van der Waals surface area (Å²) in [5, 5.41) is 11.2. The Morgan fingerprint density at radius 1 is 1.06 bits per heavy atom. The number of nitro benzene ring substituents is 1. The predicted octanol–water partition coefficient (Wildman–Crippen LogP) is 5.99. The number of halogens is 1. The molecular formula is C26H21BrN2O6. The van der Waals surface area contributed by atoms with E-state index in [4.69, 9.17) is 14.2 Å². The van der Waals surface area contributed by atoms with Crippen molar-refractivity contribution in [3.8, 4) is 11.5 Å². The van der Waals surface area contributed by atoms with Gasteiger partial charge in [-0.2, -0.15) is 0 Å². The number of carbonyl (C=O) groups excluding carboxylic acids is 1. The van der Waals surface area contributed by atoms with Crippen molar-refractivity contribution in [2.24, 2.45) is 4.99 Å². The zero-order chi connectivity index (χ0) is 24.9. The maximum Gasteiger partial charge on any atom is 0.363 e. The fourth-order valence-electron chi connectivity index (χ4n) is 3.37. The number of aliphatic imine (C=N–C) groups is 1. The molecule has 1 aliphatic heterocycles. The van der Waals surface area contributed by atoms with E-state index in [0.717, 1.165) is 10.0 Å². The molecule has 0 saturated heterocycles. The van der Waals surface area contributed by atoms with Crippen LogP contribution < -0.4 is 9.47 Å². The molecule has 8 nitrogen and oxygen atoms in total. The van der Waals surface area contributed by atoms with Crippen LogP contribution in [-0.2, 0) is 16.1 Å². The van der Waals surface area contributed by atoms with Crippen molar-refractivity contribution >= 4 is 39.6 Å². The molecule has 1 aliphatic rings. The van der Waals surface area contributed by atoms with Crippen LogP contribution in [0.15, 0.2) is 75.8 Å². The molecule has 0 atom stereocenters. The number of hydrogen-bond donors (Lipinski definition) is 0. The van der Waals surface area contributed by atoms with Crippen molar-refractivity contribution in [2.45, 2.75) is 20.5 Å². The van der Waals surface area contributed by atoms with Crippen molar-refractivity contribution in [1.82, 2.24) is 0 Å². The van der Waals surface area contributed by atoms with E-state index in [1.165, 1.54) is 6.07 Å². The van der Waals surface area contributed by atoms with Crippen molar-refractivity contribution < 1.29 is 23.9 Å². The SMILES string of the molecule is CCOc1cc(/C=C2\N=C(c3ccc(C)c([N+](=O)[O-])c3)OC2=O)ccc1OCc1ccc(Br)cc1. The molecule has 0 radical (unpaired) electrons. The van der Waals surface area contributed by atoms with E-state index in [9.17, 15) is 14.9 Å². The van der Waals surface area contributed by atoms with Crippen LogP contribution in [0, 0.1) is 17.0 Å². The average Bonchev–Trinajstić information content (AvgIpc) is 3.20. The summed E-state index contributed by atoms with van der Waals surface area (Å²) >= 11 is 3.41. The van der Waals surface area contributed by atoms with Gasteiger partial charge in [-0.15, -0.1) is 0 Å². The maximum absolute atomic E-state index is 12.4. The lowest BCUT2D eigenvalue weighted by Gasteiger charge is -2.13. The van der Waals surface area contributed by atoms with Gasteiger partial charge in [0.25, 0.3) is 5.69 Å². The van der Waals surface area contributed by atoms with E-state index in [-0.39, 0.29) is 17.3 Å². The lowest BCUT2D eigenvalue weighted by molar-refractivity contribution is -0.385. The molecule has 3 aromatic carbocycles. The van der Waals surface area contributed by atoms with Crippen LogP contribution in [0.1, 0.15) is 29.2 Å². The summed E-state index contributed by atoms with van der Waals surface area (Å²) in [5.41, 5.74) is 2.54. The van der Waals surface area contributed by atoms with E-state index in [2.05, 4.69) is 20.9 Å². The van der Waals surface area contributed by atoms with E-state index >= 15 is 0 Å². The van der Waals surface area contributed by atoms with Crippen LogP contribution >= 0.6 is 15.9 Å². The van der Waals surface area contributed by atoms with Gasteiger partial charge in [0.05, 0.1) is 11.5 Å². The molecule has 9 heteroatoms. The van der Waals surface area contributed by atoms with E-state index < -0.39 is 10.9 Å². The summed E-state index contributed by atoms with van der Waals surface area (Å²) in [7, 11) is 0. The molecule has 0 amide bonds. The third-order valence-electron chi connectivity index (χ3n) is 5.15. The molecule has 0 bridgehead atoms. The monoisotopic (exact) mass is 536 g/mol. The first-order chi connectivity index (χ1) is 16.8. The molecule has 0 unspecified atom stereocenters. The molecule has 0 aromatic heterocycles. The Bertz CT molecular complexity index is 1350. The number of esters is 1. The molecular weight excluding hydrogens is 516 g/mol. The smallest absolute Gasteiger partial charge is 0.363 e. The van der Waals surface area contributed by atoms with Crippen LogP contribution in [0.4, 0.5) is 5.69 Å². The Morgan fingerprint density at radius 2 is 1.83 bits per heavy atom. The Kier molecular flexibility index (Phi) is 7.26. The minimum Gasteiger partial charge on any atom is -0.490 e. The number of rotatable bonds is 8. The predicted molar refractivity (Wildman–Crippen MR) is 135 cm³/mol. The summed E-state index contributed by atoms with van der Waals surface area (Å²) in [5.74, 6) is 0.478. The van der Waals surface area contributed by atoms with Crippen molar-refractivity contribution in [1.29, 1.82) is 0 Å². The lowest BCUT2D eigenvalue weighted by atomic mass is 10.1. The second-order valence-corrected chi connectivity index (χ2v) is 8.56. The Balaban J connectivity index is 1.57. The zero-order valence-corrected chi connectivity index (χ0v) is 20.6. The van der Waals surface area contributed by atoms with Crippen LogP contribution in [0.5, 0.6) is 11.5 Å². The fraction of sp³-hybridized carbons (Fsp3) is 0.154. The highest BCUT2D eigenvalue weighted by Gasteiger charge is 2.26. The standard InChI is InChI=1S/C26H21BrN2O6/c1-3-33-24-13-18(7-11-23(24)34-15-17-5-9-20(27)10-6-17)12-21-26(30)35-25(28-21)19-8-4-16(2)22(14-19)29(31)32/h4-14H,3,15H2,1-2H3/b21-12-. The molecule has 178 valence electrons. The quantitative estimate of drug-likeness (QED) is 0.152. The molecule has 3 aromatic rings. The highest BCUT2D eigenvalue weighted by molar-refractivity contribution is 9.10. The number of hydrogen-bond acceptors (Lipinski definition) is 7. The van der Waals surface area contributed by atoms with E-state index in [0.29, 0.717) is 41.4 Å². The summed E-state index contributed by atoms with van der Waals surface area (Å²) in [4.78, 5) is 27.4. The van der Waals surface area contributed by atoms with Gasteiger partial charge in [-0.3, -0.25) is 10.1 Å². The summed E-state index contributed by atoms with van der Waals surface area (Å²) in [6.07, 6.45) is 1.57. The summed E-state index contributed by atoms with van der Waals surface area (Å²) in [6.45, 7) is 4.31. The Hall–Kier alpha value is -3.98. The molecule has 0 fully saturated rings. The summed E-state index contributed by atoms with van der Waals surface area (Å²) < 4.78 is 17.9. The topological polar surface area (TPSA) is 100 Å². The van der Waals surface area contributed by atoms with Gasteiger partial charge in [0.2, 0.25) is 5.90 Å². The number of cyclic esters (lactones) is 1. The number of nitrogens with zero attached hydrogens (tertiary/aromatic N) is 2. The first-order valence-electron chi connectivity index (χ1n) is 10.8. The first kappa shape index (κ1) is 24.2. The maximum atomic E-state index is 12.4. The molecule has 35 heavy (non-hydrogen) atoms. The van der Waals surface area contributed by atoms with Gasteiger partial charge < -0.3 is 14.2 Å². The molecule has 0 saturated carbocycles. The third-order valence-corrected chi connectivity index (χ3v) is 5.68. The zero-order valence-electron chi connectivity index (χ0n) is 19.0. The molecule has 0 spiro atoms. The number of aryl methyl sites for hydroxylation is 1. The minimum absolute atomic E-state index is 0.0174. The largest absolute Gasteiger partial charge is 0.490 e. The number of nitro groups is 1. The molecule has 0 N–H and O–H groups in total. The van der Waals surface area contributed by atoms with Gasteiger partial charge >= 0.3 is 5.97 Å². The number of benzene rings is 3. The van der Waals surface area contributed by atoms with E-state index in [1.807, 2.05) is 31.2 Å². The first-order valence-corrected chi connectivity index (χ1v) is 11.6. The van der Waals surface area contributed by atoms with Crippen molar-refractivity contribution in [2.75, 3.05) is 6.61 Å². The number of ether oxygens (including phenoxy) is 3. The lowest BCUT2D eigenvalue weighted by Crippen LogP contribution is -2.06. The molecule has 4 rings (SSSR count). The highest BCUT2D eigenvalue weighted by atomic mass is 79.9. The van der Waals surface area contributed by atoms with Gasteiger partial charge in [0.15, 0.2) is 17.2 Å². The third kappa shape index (κ3) is 5.75. The Labute approximate surface area is 210 Å². The second-order valence-electron chi connectivity index (χ2n) is 7.65. The van der Waals surface area contributed by atoms with Gasteiger partial charge in [-0.25, -0.2) is 9.79 Å². The van der Waals surface area contributed by atoms with Crippen LogP contribution in [-0.4, -0.2) is 23.4 Å². The average molecular weight is 537 g/mol. The van der Waals surface area contributed by atoms with Gasteiger partial charge in [0, 0.05) is 21.7 Å².